The summed E-state index contributed by atoms with van der Waals surface area (Å²) in [5.41, 5.74) is 0.510. The van der Waals surface area contributed by atoms with Gasteiger partial charge < -0.3 is 9.84 Å². The lowest BCUT2D eigenvalue weighted by molar-refractivity contribution is -0.203. The molecule has 0 radical (unpaired) electrons. The summed E-state index contributed by atoms with van der Waals surface area (Å²) in [4.78, 5) is 13.2. The van der Waals surface area contributed by atoms with Gasteiger partial charge in [0.25, 0.3) is 0 Å². The molecule has 0 amide bonds. The Kier molecular flexibility index (Phi) is 12.8. The molecule has 0 bridgehead atoms. The van der Waals surface area contributed by atoms with E-state index >= 15 is 0 Å². The predicted molar refractivity (Wildman–Crippen MR) is 176 cm³/mol. The van der Waals surface area contributed by atoms with E-state index in [1.807, 2.05) is 0 Å². The van der Waals surface area contributed by atoms with E-state index in [-0.39, 0.29) is 23.6 Å². The van der Waals surface area contributed by atoms with Gasteiger partial charge in [-0.1, -0.05) is 112 Å². The van der Waals surface area contributed by atoms with Crippen molar-refractivity contribution in [3.63, 3.8) is 0 Å². The Morgan fingerprint density at radius 3 is 2.19 bits per heavy atom. The second-order valence-corrected chi connectivity index (χ2v) is 16.7. The molecule has 4 rings (SSSR count). The largest absolute Gasteiger partial charge is 0.462 e. The van der Waals surface area contributed by atoms with Gasteiger partial charge in [-0.25, -0.2) is 0 Å². The van der Waals surface area contributed by atoms with Crippen LogP contribution in [0.1, 0.15) is 176 Å². The topological polar surface area (TPSA) is 46.5 Å². The number of aliphatic hydroxyl groups is 1. The monoisotopic (exact) mass is 587 g/mol. The summed E-state index contributed by atoms with van der Waals surface area (Å²) in [6.45, 7) is 14.7. The zero-order chi connectivity index (χ0) is 30.3. The normalized spacial score (nSPS) is 38.5. The molecule has 0 spiro atoms. The number of carbonyl (C=O) groups is 1. The zero-order valence-electron chi connectivity index (χ0n) is 28.8. The molecule has 0 aliphatic heterocycles. The van der Waals surface area contributed by atoms with Crippen LogP contribution in [0, 0.1) is 52.3 Å². The van der Waals surface area contributed by atoms with Crippen molar-refractivity contribution in [3.8, 4) is 0 Å². The minimum atomic E-state index is -0.318. The number of hydrogen-bond donors (Lipinski definition) is 1. The number of rotatable bonds is 16. The fourth-order valence-corrected chi connectivity index (χ4v) is 11.3. The molecular formula is C39H70O3. The highest BCUT2D eigenvalue weighted by Gasteiger charge is 2.63. The Hall–Kier alpha value is -0.570. The van der Waals surface area contributed by atoms with Crippen molar-refractivity contribution in [2.75, 3.05) is 0 Å². The summed E-state index contributed by atoms with van der Waals surface area (Å²) >= 11 is 0. The lowest BCUT2D eigenvalue weighted by Gasteiger charge is -2.62. The molecule has 3 heteroatoms. The van der Waals surface area contributed by atoms with Gasteiger partial charge in [0.15, 0.2) is 0 Å². The zero-order valence-corrected chi connectivity index (χ0v) is 28.8. The van der Waals surface area contributed by atoms with E-state index in [4.69, 9.17) is 4.74 Å². The Morgan fingerprint density at radius 2 is 1.50 bits per heavy atom. The third-order valence-electron chi connectivity index (χ3n) is 13.7. The first-order chi connectivity index (χ1) is 20.1. The van der Waals surface area contributed by atoms with Crippen molar-refractivity contribution in [1.82, 2.24) is 0 Å². The Morgan fingerprint density at radius 1 is 0.810 bits per heavy atom. The second kappa shape index (κ2) is 15.6. The first-order valence-corrected chi connectivity index (χ1v) is 19.0. The molecule has 1 unspecified atom stereocenters. The number of unbranched alkanes of at least 4 members (excludes halogenated alkanes) is 8. The van der Waals surface area contributed by atoms with Crippen LogP contribution >= 0.6 is 0 Å². The summed E-state index contributed by atoms with van der Waals surface area (Å²) in [6.07, 6.45) is 25.2. The quantitative estimate of drug-likeness (QED) is 0.144. The van der Waals surface area contributed by atoms with Gasteiger partial charge in [-0.05, 0) is 98.2 Å². The molecule has 1 N–H and O–H groups in total. The molecule has 244 valence electrons. The maximum absolute atomic E-state index is 13.2. The molecule has 4 saturated carbocycles. The van der Waals surface area contributed by atoms with Gasteiger partial charge in [-0.2, -0.15) is 0 Å². The van der Waals surface area contributed by atoms with E-state index in [0.29, 0.717) is 30.1 Å². The molecule has 0 aromatic rings. The lowest BCUT2D eigenvalue weighted by Crippen LogP contribution is -2.60. The smallest absolute Gasteiger partial charge is 0.306 e. The highest BCUT2D eigenvalue weighted by atomic mass is 16.5. The van der Waals surface area contributed by atoms with Gasteiger partial charge in [-0.3, -0.25) is 4.79 Å². The summed E-state index contributed by atoms with van der Waals surface area (Å²) in [5, 5.41) is 10.9. The van der Waals surface area contributed by atoms with E-state index in [1.54, 1.807) is 0 Å². The Bertz CT molecular complexity index is 822. The second-order valence-electron chi connectivity index (χ2n) is 16.7. The summed E-state index contributed by atoms with van der Waals surface area (Å²) in [5.74, 6) is 5.25. The number of carbonyl (C=O) groups excluding carboxylic acids is 1. The fraction of sp³-hybridized carbons (Fsp3) is 0.974. The van der Waals surface area contributed by atoms with Crippen LogP contribution in [0.4, 0.5) is 0 Å². The maximum atomic E-state index is 13.2. The van der Waals surface area contributed by atoms with Crippen molar-refractivity contribution < 1.29 is 14.6 Å². The van der Waals surface area contributed by atoms with Crippen LogP contribution in [-0.4, -0.2) is 23.3 Å². The van der Waals surface area contributed by atoms with Crippen molar-refractivity contribution in [1.29, 1.82) is 0 Å². The average Bonchev–Trinajstić information content (AvgIpc) is 3.30. The van der Waals surface area contributed by atoms with E-state index in [9.17, 15) is 9.90 Å². The fourth-order valence-electron chi connectivity index (χ4n) is 11.3. The Balaban J connectivity index is 1.34. The van der Waals surface area contributed by atoms with Crippen molar-refractivity contribution >= 4 is 5.97 Å². The van der Waals surface area contributed by atoms with Gasteiger partial charge in [0.1, 0.15) is 6.10 Å². The molecule has 4 aliphatic rings. The van der Waals surface area contributed by atoms with Crippen LogP contribution in [0.3, 0.4) is 0 Å². The van der Waals surface area contributed by atoms with Gasteiger partial charge in [0, 0.05) is 18.3 Å². The SMILES string of the molecule is CCCCCCCCCCCC(=O)OC1C[C@@H](O)C[C@H]2CC[C@@H]3[C@@H]4CC[C@H]([C@H](C)CCCC(C)C)[C@@]4(C)CC[C@@H]3[C@@]12C. The standard InChI is InChI=1S/C39H70O3/c1-7-8-9-10-11-12-13-14-15-19-37(41)42-36-27-31(40)26-30-20-21-32-34-23-22-33(29(4)18-16-17-28(2)3)38(34,5)25-24-35(32)39(30,36)6/h28-36,40H,7-27H2,1-6H3/t29-,30-,31+,32-,33-,34+,35+,36?,38-,39+/m1/s1. The summed E-state index contributed by atoms with van der Waals surface area (Å²) < 4.78 is 6.42. The number of aliphatic hydroxyl groups excluding tert-OH is 1. The predicted octanol–water partition coefficient (Wildman–Crippen LogP) is 10.9. The van der Waals surface area contributed by atoms with E-state index < -0.39 is 0 Å². The van der Waals surface area contributed by atoms with Crippen LogP contribution in [-0.2, 0) is 9.53 Å². The minimum absolute atomic E-state index is 0.00375. The van der Waals surface area contributed by atoms with Crippen LogP contribution in [0.5, 0.6) is 0 Å². The van der Waals surface area contributed by atoms with Crippen molar-refractivity contribution in [3.05, 3.63) is 0 Å². The number of fused-ring (bicyclic) bond motifs is 5. The maximum Gasteiger partial charge on any atom is 0.306 e. The third-order valence-corrected chi connectivity index (χ3v) is 13.7. The van der Waals surface area contributed by atoms with Crippen molar-refractivity contribution in [2.24, 2.45) is 52.3 Å². The molecule has 4 fully saturated rings. The molecule has 42 heavy (non-hydrogen) atoms. The van der Waals surface area contributed by atoms with Gasteiger partial charge in [-0.15, -0.1) is 0 Å². The molecule has 0 aromatic carbocycles. The summed E-state index contributed by atoms with van der Waals surface area (Å²) in [6, 6.07) is 0. The van der Waals surface area contributed by atoms with Crippen molar-refractivity contribution in [2.45, 2.75) is 189 Å². The van der Waals surface area contributed by atoms with Crippen LogP contribution in [0.15, 0.2) is 0 Å². The van der Waals surface area contributed by atoms with E-state index in [1.165, 1.54) is 103 Å². The minimum Gasteiger partial charge on any atom is -0.462 e. The molecule has 0 saturated heterocycles. The number of hydrogen-bond acceptors (Lipinski definition) is 3. The van der Waals surface area contributed by atoms with Crippen LogP contribution < -0.4 is 0 Å². The first-order valence-electron chi connectivity index (χ1n) is 19.0. The van der Waals surface area contributed by atoms with E-state index in [0.717, 1.165) is 48.9 Å². The highest BCUT2D eigenvalue weighted by Crippen LogP contribution is 2.68. The lowest BCUT2D eigenvalue weighted by atomic mass is 9.43. The summed E-state index contributed by atoms with van der Waals surface area (Å²) in [7, 11) is 0. The van der Waals surface area contributed by atoms with Crippen LogP contribution in [0.25, 0.3) is 0 Å². The number of ether oxygens (including phenoxy) is 1. The molecule has 0 heterocycles. The Labute approximate surface area is 261 Å². The van der Waals surface area contributed by atoms with Crippen LogP contribution in [0.2, 0.25) is 0 Å². The molecule has 10 atom stereocenters. The van der Waals surface area contributed by atoms with Gasteiger partial charge in [0.2, 0.25) is 0 Å². The molecule has 4 aliphatic carbocycles. The first kappa shape index (κ1) is 34.3. The highest BCUT2D eigenvalue weighted by molar-refractivity contribution is 5.69. The molecule has 0 aromatic heterocycles. The van der Waals surface area contributed by atoms with E-state index in [2.05, 4.69) is 41.5 Å². The molecular weight excluding hydrogens is 516 g/mol. The average molecular weight is 587 g/mol. The third kappa shape index (κ3) is 7.80. The van der Waals surface area contributed by atoms with Gasteiger partial charge in [0.05, 0.1) is 6.10 Å². The number of esters is 1. The molecule has 3 nitrogen and oxygen atoms in total. The van der Waals surface area contributed by atoms with Gasteiger partial charge >= 0.3 is 5.97 Å².